The number of hydrogen-bond acceptors (Lipinski definition) is 5. The van der Waals surface area contributed by atoms with Gasteiger partial charge in [0.25, 0.3) is 5.89 Å². The average Bonchev–Trinajstić information content (AvgIpc) is 2.99. The molecular weight excluding hydrogens is 266 g/mol. The van der Waals surface area contributed by atoms with Crippen molar-refractivity contribution in [3.63, 3.8) is 0 Å². The lowest BCUT2D eigenvalue weighted by Crippen LogP contribution is -2.20. The fraction of sp³-hybridized carbons (Fsp3) is 0.188. The van der Waals surface area contributed by atoms with Crippen molar-refractivity contribution in [2.75, 3.05) is 0 Å². The molecule has 0 unspecified atom stereocenters. The zero-order valence-electron chi connectivity index (χ0n) is 11.8. The lowest BCUT2D eigenvalue weighted by Gasteiger charge is -2.20. The second-order valence-electron chi connectivity index (χ2n) is 5.31. The third-order valence-corrected chi connectivity index (χ3v) is 3.51. The summed E-state index contributed by atoms with van der Waals surface area (Å²) in [7, 11) is 0. The number of pyridine rings is 1. The SMILES string of the molecule is CC(C)(c1ccccc1)c1noc(-c2ccncc2O)n1. The first-order valence-corrected chi connectivity index (χ1v) is 6.62. The first kappa shape index (κ1) is 13.3. The number of rotatable bonds is 3. The Balaban J connectivity index is 2.01. The molecule has 0 aliphatic rings. The maximum absolute atomic E-state index is 9.80. The van der Waals surface area contributed by atoms with Gasteiger partial charge in [0.05, 0.1) is 17.2 Å². The van der Waals surface area contributed by atoms with Gasteiger partial charge in [-0.05, 0) is 25.5 Å². The summed E-state index contributed by atoms with van der Waals surface area (Å²) in [6, 6.07) is 11.6. The lowest BCUT2D eigenvalue weighted by atomic mass is 9.84. The van der Waals surface area contributed by atoms with Gasteiger partial charge in [0.1, 0.15) is 5.75 Å². The maximum Gasteiger partial charge on any atom is 0.261 e. The first-order chi connectivity index (χ1) is 10.1. The van der Waals surface area contributed by atoms with Crippen molar-refractivity contribution in [2.24, 2.45) is 0 Å². The van der Waals surface area contributed by atoms with Crippen molar-refractivity contribution in [3.8, 4) is 17.2 Å². The quantitative estimate of drug-likeness (QED) is 0.798. The van der Waals surface area contributed by atoms with E-state index < -0.39 is 0 Å². The number of aromatic hydroxyl groups is 1. The van der Waals surface area contributed by atoms with Crippen LogP contribution in [0.2, 0.25) is 0 Å². The monoisotopic (exact) mass is 281 g/mol. The smallest absolute Gasteiger partial charge is 0.261 e. The molecule has 2 aromatic heterocycles. The zero-order chi connectivity index (χ0) is 14.9. The standard InChI is InChI=1S/C16H15N3O2/c1-16(2,11-6-4-3-5-7-11)15-18-14(21-19-15)12-8-9-17-10-13(12)20/h3-10,20H,1-2H3. The maximum atomic E-state index is 9.80. The van der Waals surface area contributed by atoms with Crippen molar-refractivity contribution in [3.05, 3.63) is 60.2 Å². The number of hydrogen-bond donors (Lipinski definition) is 1. The molecule has 0 amide bonds. The molecule has 0 bridgehead atoms. The second-order valence-corrected chi connectivity index (χ2v) is 5.31. The molecule has 1 N–H and O–H groups in total. The molecule has 0 radical (unpaired) electrons. The summed E-state index contributed by atoms with van der Waals surface area (Å²) in [5.74, 6) is 0.874. The largest absolute Gasteiger partial charge is 0.505 e. The van der Waals surface area contributed by atoms with Crippen LogP contribution in [-0.4, -0.2) is 20.2 Å². The van der Waals surface area contributed by atoms with Crippen LogP contribution in [0.15, 0.2) is 53.3 Å². The molecule has 1 aromatic carbocycles. The number of nitrogens with zero attached hydrogens (tertiary/aromatic N) is 3. The Morgan fingerprint density at radius 2 is 1.86 bits per heavy atom. The van der Waals surface area contributed by atoms with Crippen LogP contribution in [0.3, 0.4) is 0 Å². The van der Waals surface area contributed by atoms with Gasteiger partial charge < -0.3 is 9.63 Å². The molecule has 0 fully saturated rings. The lowest BCUT2D eigenvalue weighted by molar-refractivity contribution is 0.404. The summed E-state index contributed by atoms with van der Waals surface area (Å²) < 4.78 is 5.29. The van der Waals surface area contributed by atoms with Crippen LogP contribution < -0.4 is 0 Å². The molecule has 0 saturated heterocycles. The molecule has 106 valence electrons. The molecule has 3 aromatic rings. The van der Waals surface area contributed by atoms with Crippen LogP contribution in [0.4, 0.5) is 0 Å². The highest BCUT2D eigenvalue weighted by Gasteiger charge is 2.29. The Hall–Kier alpha value is -2.69. The summed E-state index contributed by atoms with van der Waals surface area (Å²) in [5.41, 5.74) is 1.19. The zero-order valence-corrected chi connectivity index (χ0v) is 11.8. The van der Waals surface area contributed by atoms with E-state index in [0.717, 1.165) is 5.56 Å². The minimum Gasteiger partial charge on any atom is -0.505 e. The highest BCUT2D eigenvalue weighted by atomic mass is 16.5. The Labute approximate surface area is 122 Å². The van der Waals surface area contributed by atoms with Crippen LogP contribution in [-0.2, 0) is 5.41 Å². The van der Waals surface area contributed by atoms with E-state index in [2.05, 4.69) is 15.1 Å². The van der Waals surface area contributed by atoms with Gasteiger partial charge in [-0.25, -0.2) is 0 Å². The molecule has 2 heterocycles. The van der Waals surface area contributed by atoms with E-state index in [1.54, 1.807) is 12.3 Å². The van der Waals surface area contributed by atoms with Crippen molar-refractivity contribution >= 4 is 0 Å². The Bertz CT molecular complexity index is 751. The van der Waals surface area contributed by atoms with E-state index in [4.69, 9.17) is 4.52 Å². The number of benzene rings is 1. The number of aromatic nitrogens is 3. The van der Waals surface area contributed by atoms with E-state index in [1.807, 2.05) is 44.2 Å². The van der Waals surface area contributed by atoms with Gasteiger partial charge in [0.2, 0.25) is 0 Å². The average molecular weight is 281 g/mol. The van der Waals surface area contributed by atoms with Crippen molar-refractivity contribution in [1.82, 2.24) is 15.1 Å². The van der Waals surface area contributed by atoms with Gasteiger partial charge in [-0.1, -0.05) is 35.5 Å². The van der Waals surface area contributed by atoms with E-state index in [-0.39, 0.29) is 17.1 Å². The van der Waals surface area contributed by atoms with Crippen LogP contribution in [0.25, 0.3) is 11.5 Å². The van der Waals surface area contributed by atoms with Crippen LogP contribution in [0.5, 0.6) is 5.75 Å². The third-order valence-electron chi connectivity index (χ3n) is 3.51. The van der Waals surface area contributed by atoms with Gasteiger partial charge >= 0.3 is 0 Å². The van der Waals surface area contributed by atoms with E-state index in [0.29, 0.717) is 11.4 Å². The van der Waals surface area contributed by atoms with Crippen molar-refractivity contribution in [1.29, 1.82) is 0 Å². The van der Waals surface area contributed by atoms with E-state index in [9.17, 15) is 5.11 Å². The van der Waals surface area contributed by atoms with Crippen LogP contribution >= 0.6 is 0 Å². The molecule has 5 heteroatoms. The third kappa shape index (κ3) is 2.38. The molecule has 0 aliphatic heterocycles. The van der Waals surface area contributed by atoms with E-state index in [1.165, 1.54) is 6.20 Å². The van der Waals surface area contributed by atoms with Gasteiger partial charge in [-0.2, -0.15) is 4.98 Å². The normalized spacial score (nSPS) is 11.5. The first-order valence-electron chi connectivity index (χ1n) is 6.62. The van der Waals surface area contributed by atoms with Crippen LogP contribution in [0, 0.1) is 0 Å². The molecule has 21 heavy (non-hydrogen) atoms. The summed E-state index contributed by atoms with van der Waals surface area (Å²) >= 11 is 0. The van der Waals surface area contributed by atoms with Gasteiger partial charge in [0, 0.05) is 6.20 Å². The molecule has 3 rings (SSSR count). The topological polar surface area (TPSA) is 72.0 Å². The van der Waals surface area contributed by atoms with Crippen molar-refractivity contribution < 1.29 is 9.63 Å². The Kier molecular flexibility index (Phi) is 3.17. The molecule has 0 saturated carbocycles. The summed E-state index contributed by atoms with van der Waals surface area (Å²) in [6.45, 7) is 4.06. The van der Waals surface area contributed by atoms with Gasteiger partial charge in [0.15, 0.2) is 5.82 Å². The van der Waals surface area contributed by atoms with Crippen molar-refractivity contribution in [2.45, 2.75) is 19.3 Å². The highest BCUT2D eigenvalue weighted by molar-refractivity contribution is 5.60. The predicted molar refractivity (Wildman–Crippen MR) is 77.8 cm³/mol. The van der Waals surface area contributed by atoms with Crippen LogP contribution in [0.1, 0.15) is 25.2 Å². The molecule has 0 atom stereocenters. The minimum atomic E-state index is -0.383. The van der Waals surface area contributed by atoms with Gasteiger partial charge in [-0.3, -0.25) is 4.98 Å². The van der Waals surface area contributed by atoms with Gasteiger partial charge in [-0.15, -0.1) is 0 Å². The molecule has 0 aliphatic carbocycles. The van der Waals surface area contributed by atoms with E-state index >= 15 is 0 Å². The second kappa shape index (κ2) is 5.01. The predicted octanol–water partition coefficient (Wildman–Crippen LogP) is 3.16. The molecule has 0 spiro atoms. The summed E-state index contributed by atoms with van der Waals surface area (Å²) in [6.07, 6.45) is 2.92. The Morgan fingerprint density at radius 3 is 2.57 bits per heavy atom. The highest BCUT2D eigenvalue weighted by Crippen LogP contribution is 2.32. The fourth-order valence-corrected chi connectivity index (χ4v) is 2.14. The molecular formula is C16H15N3O2. The summed E-state index contributed by atoms with van der Waals surface area (Å²) in [4.78, 5) is 8.26. The summed E-state index contributed by atoms with van der Waals surface area (Å²) in [5, 5.41) is 13.9. The minimum absolute atomic E-state index is 0.0187. The fourth-order valence-electron chi connectivity index (χ4n) is 2.14. The Morgan fingerprint density at radius 1 is 1.10 bits per heavy atom. The molecule has 5 nitrogen and oxygen atoms in total.